The van der Waals surface area contributed by atoms with Gasteiger partial charge in [-0.05, 0) is 45.7 Å². The van der Waals surface area contributed by atoms with E-state index in [2.05, 4.69) is 15.3 Å². The normalized spacial score (nSPS) is 12.2. The highest BCUT2D eigenvalue weighted by atomic mass is 16.6. The summed E-state index contributed by atoms with van der Waals surface area (Å²) in [5, 5.41) is 3.76. The van der Waals surface area contributed by atoms with Crippen LogP contribution in [0.25, 0.3) is 10.9 Å². The second kappa shape index (κ2) is 10.2. The van der Waals surface area contributed by atoms with Crippen molar-refractivity contribution in [1.29, 1.82) is 0 Å². The molecule has 1 aromatic heterocycles. The van der Waals surface area contributed by atoms with Gasteiger partial charge in [0.15, 0.2) is 5.82 Å². The average Bonchev–Trinajstić information content (AvgIpc) is 2.74. The Balaban J connectivity index is 1.73. The van der Waals surface area contributed by atoms with Crippen LogP contribution in [-0.2, 0) is 20.9 Å². The summed E-state index contributed by atoms with van der Waals surface area (Å²) in [5.74, 6) is 0.0743. The zero-order chi connectivity index (χ0) is 23.1. The smallest absolute Gasteiger partial charge is 0.408 e. The number of benzene rings is 2. The molecule has 3 rings (SSSR count). The maximum atomic E-state index is 12.4. The summed E-state index contributed by atoms with van der Waals surface area (Å²) in [5.41, 5.74) is 1.84. The largest absolute Gasteiger partial charge is 0.461 e. The van der Waals surface area contributed by atoms with Crippen LogP contribution in [0.1, 0.15) is 56.7 Å². The fourth-order valence-electron chi connectivity index (χ4n) is 3.20. The lowest BCUT2D eigenvalue weighted by molar-refractivity contribution is -0.145. The summed E-state index contributed by atoms with van der Waals surface area (Å²) < 4.78 is 10.8. The molecule has 0 saturated carbocycles. The lowest BCUT2D eigenvalue weighted by Crippen LogP contribution is -2.36. The van der Waals surface area contributed by atoms with E-state index in [1.165, 1.54) is 0 Å². The van der Waals surface area contributed by atoms with Gasteiger partial charge in [0.05, 0.1) is 11.6 Å². The maximum absolute atomic E-state index is 12.4. The minimum atomic E-state index is -0.649. The van der Waals surface area contributed by atoms with E-state index in [-0.39, 0.29) is 25.4 Å². The minimum absolute atomic E-state index is 0.0997. The zero-order valence-electron chi connectivity index (χ0n) is 18.9. The highest BCUT2D eigenvalue weighted by molar-refractivity contribution is 5.80. The molecule has 0 aliphatic carbocycles. The van der Waals surface area contributed by atoms with Crippen LogP contribution >= 0.6 is 0 Å². The Kier molecular flexibility index (Phi) is 7.41. The molecule has 7 nitrogen and oxygen atoms in total. The second-order valence-corrected chi connectivity index (χ2v) is 8.57. The second-order valence-electron chi connectivity index (χ2n) is 8.57. The Bertz CT molecular complexity index is 1080. The molecule has 0 spiro atoms. The molecule has 1 heterocycles. The number of carbonyl (C=O) groups is 2. The van der Waals surface area contributed by atoms with E-state index in [4.69, 9.17) is 9.47 Å². The third kappa shape index (κ3) is 6.77. The number of ether oxygens (including phenoxy) is 2. The summed E-state index contributed by atoms with van der Waals surface area (Å²) in [6.45, 7) is 7.47. The third-order valence-corrected chi connectivity index (χ3v) is 4.69. The van der Waals surface area contributed by atoms with Gasteiger partial charge in [-0.1, -0.05) is 48.5 Å². The first kappa shape index (κ1) is 23.2. The van der Waals surface area contributed by atoms with Crippen molar-refractivity contribution in [3.05, 3.63) is 71.7 Å². The van der Waals surface area contributed by atoms with Crippen LogP contribution in [0, 0.1) is 6.92 Å². The van der Waals surface area contributed by atoms with Gasteiger partial charge < -0.3 is 14.8 Å². The molecular weight excluding hydrogens is 406 g/mol. The number of nitrogens with one attached hydrogen (secondary N) is 1. The van der Waals surface area contributed by atoms with Crippen molar-refractivity contribution >= 4 is 23.0 Å². The molecule has 7 heteroatoms. The molecule has 1 atom stereocenters. The summed E-state index contributed by atoms with van der Waals surface area (Å²) in [7, 11) is 0. The molecule has 3 aromatic rings. The summed E-state index contributed by atoms with van der Waals surface area (Å²) in [4.78, 5) is 34.0. The van der Waals surface area contributed by atoms with E-state index >= 15 is 0 Å². The van der Waals surface area contributed by atoms with Crippen molar-refractivity contribution in [2.24, 2.45) is 0 Å². The van der Waals surface area contributed by atoms with E-state index in [0.29, 0.717) is 5.82 Å². The topological polar surface area (TPSA) is 90.4 Å². The van der Waals surface area contributed by atoms with E-state index < -0.39 is 17.7 Å². The van der Waals surface area contributed by atoms with Gasteiger partial charge in [0.25, 0.3) is 0 Å². The number of aromatic nitrogens is 2. The van der Waals surface area contributed by atoms with Crippen LogP contribution in [0.5, 0.6) is 0 Å². The van der Waals surface area contributed by atoms with Crippen LogP contribution in [-0.4, -0.2) is 27.6 Å². The highest BCUT2D eigenvalue weighted by Gasteiger charge is 2.24. The lowest BCUT2D eigenvalue weighted by atomic mass is 10.1. The predicted octanol–water partition coefficient (Wildman–Crippen LogP) is 5.03. The number of nitrogens with zero attached hydrogens (tertiary/aromatic N) is 2. The van der Waals surface area contributed by atoms with Crippen molar-refractivity contribution < 1.29 is 19.1 Å². The van der Waals surface area contributed by atoms with Crippen LogP contribution in [0.3, 0.4) is 0 Å². The molecule has 0 fully saturated rings. The zero-order valence-corrected chi connectivity index (χ0v) is 18.9. The number of alkyl carbamates (subject to hydrolysis) is 1. The van der Waals surface area contributed by atoms with Crippen molar-refractivity contribution in [2.75, 3.05) is 0 Å². The molecule has 0 saturated heterocycles. The molecule has 168 valence electrons. The fourth-order valence-corrected chi connectivity index (χ4v) is 3.20. The highest BCUT2D eigenvalue weighted by Crippen LogP contribution is 2.22. The van der Waals surface area contributed by atoms with E-state index in [1.54, 1.807) is 20.8 Å². The number of hydrogen-bond donors (Lipinski definition) is 1. The predicted molar refractivity (Wildman–Crippen MR) is 122 cm³/mol. The number of fused-ring (bicyclic) bond motifs is 1. The molecule has 0 aliphatic heterocycles. The molecule has 0 bridgehead atoms. The number of aryl methyl sites for hydroxylation is 1. The number of esters is 1. The first-order valence-electron chi connectivity index (χ1n) is 10.6. The molecule has 0 aliphatic rings. The van der Waals surface area contributed by atoms with Crippen LogP contribution in [0.4, 0.5) is 4.79 Å². The quantitative estimate of drug-likeness (QED) is 0.524. The molecule has 32 heavy (non-hydrogen) atoms. The first-order valence-corrected chi connectivity index (χ1v) is 10.6. The summed E-state index contributed by atoms with van der Waals surface area (Å²) >= 11 is 0. The first-order chi connectivity index (χ1) is 15.2. The number of rotatable bonds is 7. The van der Waals surface area contributed by atoms with Gasteiger partial charge in [-0.25, -0.2) is 14.8 Å². The molecular formula is C25H29N3O4. The molecule has 1 amide bonds. The van der Waals surface area contributed by atoms with Gasteiger partial charge in [0.2, 0.25) is 0 Å². The molecule has 2 aromatic carbocycles. The van der Waals surface area contributed by atoms with Gasteiger partial charge >= 0.3 is 12.1 Å². The number of amides is 1. The van der Waals surface area contributed by atoms with Gasteiger partial charge in [-0.3, -0.25) is 4.79 Å². The van der Waals surface area contributed by atoms with Crippen molar-refractivity contribution in [2.45, 2.75) is 58.8 Å². The minimum Gasteiger partial charge on any atom is -0.461 e. The number of carbonyl (C=O) groups excluding carboxylic acids is 2. The van der Waals surface area contributed by atoms with Gasteiger partial charge in [0.1, 0.15) is 12.2 Å². The van der Waals surface area contributed by atoms with Crippen LogP contribution in [0.15, 0.2) is 54.6 Å². The Morgan fingerprint density at radius 2 is 1.69 bits per heavy atom. The van der Waals surface area contributed by atoms with Crippen molar-refractivity contribution in [1.82, 2.24) is 15.3 Å². The molecule has 0 unspecified atom stereocenters. The Hall–Kier alpha value is -3.48. The number of hydrogen-bond acceptors (Lipinski definition) is 6. The Morgan fingerprint density at radius 1 is 1.00 bits per heavy atom. The molecule has 1 N–H and O–H groups in total. The van der Waals surface area contributed by atoms with Crippen molar-refractivity contribution in [3.8, 4) is 0 Å². The third-order valence-electron chi connectivity index (χ3n) is 4.69. The average molecular weight is 436 g/mol. The molecule has 0 radical (unpaired) electrons. The van der Waals surface area contributed by atoms with E-state index in [9.17, 15) is 9.59 Å². The number of para-hydroxylation sites is 1. The van der Waals surface area contributed by atoms with Crippen LogP contribution < -0.4 is 5.32 Å². The monoisotopic (exact) mass is 435 g/mol. The lowest BCUT2D eigenvalue weighted by Gasteiger charge is -2.23. The van der Waals surface area contributed by atoms with E-state index in [0.717, 1.165) is 22.2 Å². The summed E-state index contributed by atoms with van der Waals surface area (Å²) in [6.07, 6.45) is -0.206. The summed E-state index contributed by atoms with van der Waals surface area (Å²) in [6, 6.07) is 16.6. The van der Waals surface area contributed by atoms with Gasteiger partial charge in [-0.15, -0.1) is 0 Å². The van der Waals surface area contributed by atoms with Gasteiger partial charge in [-0.2, -0.15) is 0 Å². The SMILES string of the molecule is Cc1nc([C@H](CCC(=O)OCc2ccccc2)NC(=O)OC(C)(C)C)nc2ccccc12. The van der Waals surface area contributed by atoms with Gasteiger partial charge in [0, 0.05) is 17.5 Å². The van der Waals surface area contributed by atoms with Crippen molar-refractivity contribution in [3.63, 3.8) is 0 Å². The van der Waals surface area contributed by atoms with Crippen LogP contribution in [0.2, 0.25) is 0 Å². The fraction of sp³-hybridized carbons (Fsp3) is 0.360. The Labute approximate surface area is 188 Å². The van der Waals surface area contributed by atoms with E-state index in [1.807, 2.05) is 61.5 Å². The maximum Gasteiger partial charge on any atom is 0.408 e. The Morgan fingerprint density at radius 3 is 2.41 bits per heavy atom. The standard InChI is InChI=1S/C25H29N3O4/c1-17-19-12-8-9-13-20(19)27-23(26-17)21(28-24(30)32-25(2,3)4)14-15-22(29)31-16-18-10-6-5-7-11-18/h5-13,21H,14-16H2,1-4H3,(H,28,30)/t21-/m0/s1.